The fraction of sp³-hybridized carbons (Fsp3) is 0.391. The summed E-state index contributed by atoms with van der Waals surface area (Å²) in [5, 5.41) is 19.4. The van der Waals surface area contributed by atoms with Crippen LogP contribution in [-0.2, 0) is 0 Å². The molecular weight excluding hydrogens is 380 g/mol. The molecule has 1 aliphatic rings. The van der Waals surface area contributed by atoms with Crippen molar-refractivity contribution in [1.82, 2.24) is 0 Å². The fourth-order valence-electron chi connectivity index (χ4n) is 3.81. The molecule has 0 saturated heterocycles. The Kier molecular flexibility index (Phi) is 6.20. The standard InChI is InChI=1S/C23H28N4O3/c1-6-7-12-26-21-14-22(30-5)20(13-19(21)16(2)15-23(26,3)4)25-24-17-8-10-18(11-9-17)27(28)29/h8-11,13-15H,6-7,12H2,1-5H3/b25-24+. The number of azo groups is 1. The lowest BCUT2D eigenvalue weighted by molar-refractivity contribution is -0.384. The number of unbranched alkanes of at least 4 members (excludes halogenated alkanes) is 1. The summed E-state index contributed by atoms with van der Waals surface area (Å²) in [5.41, 5.74) is 4.55. The first kappa shape index (κ1) is 21.5. The first-order valence-electron chi connectivity index (χ1n) is 10.1. The van der Waals surface area contributed by atoms with Gasteiger partial charge in [-0.3, -0.25) is 10.1 Å². The number of benzene rings is 2. The van der Waals surface area contributed by atoms with Crippen molar-refractivity contribution in [3.63, 3.8) is 0 Å². The van der Waals surface area contributed by atoms with Gasteiger partial charge in [-0.25, -0.2) is 0 Å². The molecule has 0 radical (unpaired) electrons. The molecule has 7 heteroatoms. The Hall–Kier alpha value is -3.22. The molecule has 0 aromatic heterocycles. The predicted octanol–water partition coefficient (Wildman–Crippen LogP) is 6.82. The molecule has 158 valence electrons. The molecule has 30 heavy (non-hydrogen) atoms. The number of methoxy groups -OCH3 is 1. The third-order valence-electron chi connectivity index (χ3n) is 5.35. The second kappa shape index (κ2) is 8.65. The summed E-state index contributed by atoms with van der Waals surface area (Å²) in [7, 11) is 1.62. The summed E-state index contributed by atoms with van der Waals surface area (Å²) in [4.78, 5) is 12.8. The number of nitro groups is 1. The van der Waals surface area contributed by atoms with E-state index in [1.165, 1.54) is 17.7 Å². The van der Waals surface area contributed by atoms with Crippen LogP contribution in [0.5, 0.6) is 5.75 Å². The van der Waals surface area contributed by atoms with Crippen LogP contribution in [0.1, 0.15) is 46.1 Å². The van der Waals surface area contributed by atoms with Gasteiger partial charge in [0.1, 0.15) is 11.4 Å². The van der Waals surface area contributed by atoms with Gasteiger partial charge in [-0.1, -0.05) is 19.4 Å². The molecule has 0 amide bonds. The summed E-state index contributed by atoms with van der Waals surface area (Å²) in [5.74, 6) is 0.645. The highest BCUT2D eigenvalue weighted by Crippen LogP contribution is 2.45. The van der Waals surface area contributed by atoms with E-state index in [1.54, 1.807) is 19.2 Å². The van der Waals surface area contributed by atoms with Crippen molar-refractivity contribution in [3.8, 4) is 5.75 Å². The number of nitro benzene ring substituents is 1. The zero-order valence-corrected chi connectivity index (χ0v) is 18.2. The highest BCUT2D eigenvalue weighted by molar-refractivity contribution is 5.85. The minimum Gasteiger partial charge on any atom is -0.494 e. The lowest BCUT2D eigenvalue weighted by Gasteiger charge is -2.43. The van der Waals surface area contributed by atoms with Gasteiger partial charge in [0.2, 0.25) is 0 Å². The van der Waals surface area contributed by atoms with Crippen molar-refractivity contribution < 1.29 is 9.66 Å². The Bertz CT molecular complexity index is 994. The van der Waals surface area contributed by atoms with Crippen molar-refractivity contribution in [2.24, 2.45) is 10.2 Å². The Morgan fingerprint density at radius 2 is 1.87 bits per heavy atom. The average molecular weight is 409 g/mol. The van der Waals surface area contributed by atoms with Gasteiger partial charge < -0.3 is 9.64 Å². The van der Waals surface area contributed by atoms with Crippen LogP contribution in [0.4, 0.5) is 22.7 Å². The van der Waals surface area contributed by atoms with Gasteiger partial charge in [-0.2, -0.15) is 5.11 Å². The van der Waals surface area contributed by atoms with Crippen LogP contribution in [0.3, 0.4) is 0 Å². The number of fused-ring (bicyclic) bond motifs is 1. The minimum absolute atomic E-state index is 0.0239. The van der Waals surface area contributed by atoms with Crippen LogP contribution >= 0.6 is 0 Å². The number of non-ortho nitro benzene ring substituents is 1. The van der Waals surface area contributed by atoms with Crippen molar-refractivity contribution in [2.75, 3.05) is 18.6 Å². The summed E-state index contributed by atoms with van der Waals surface area (Å²) >= 11 is 0. The van der Waals surface area contributed by atoms with Crippen molar-refractivity contribution >= 4 is 28.3 Å². The van der Waals surface area contributed by atoms with Gasteiger partial charge >= 0.3 is 0 Å². The summed E-state index contributed by atoms with van der Waals surface area (Å²) in [6, 6.07) is 10.0. The average Bonchev–Trinajstić information content (AvgIpc) is 2.71. The van der Waals surface area contributed by atoms with Crippen LogP contribution in [0, 0.1) is 10.1 Å². The van der Waals surface area contributed by atoms with Gasteiger partial charge in [0.15, 0.2) is 0 Å². The third-order valence-corrected chi connectivity index (χ3v) is 5.35. The van der Waals surface area contributed by atoms with E-state index in [9.17, 15) is 10.1 Å². The maximum Gasteiger partial charge on any atom is 0.269 e. The lowest BCUT2D eigenvalue weighted by Crippen LogP contribution is -2.45. The molecule has 7 nitrogen and oxygen atoms in total. The second-order valence-corrected chi connectivity index (χ2v) is 8.00. The maximum absolute atomic E-state index is 10.8. The number of ether oxygens (including phenoxy) is 1. The largest absolute Gasteiger partial charge is 0.494 e. The van der Waals surface area contributed by atoms with E-state index in [1.807, 2.05) is 12.1 Å². The molecule has 1 heterocycles. The third kappa shape index (κ3) is 4.35. The number of allylic oxidation sites excluding steroid dienone is 1. The molecule has 3 rings (SSSR count). The Labute approximate surface area is 177 Å². The summed E-state index contributed by atoms with van der Waals surface area (Å²) in [6.45, 7) is 9.73. The van der Waals surface area contributed by atoms with Crippen LogP contribution < -0.4 is 9.64 Å². The zero-order chi connectivity index (χ0) is 21.9. The summed E-state index contributed by atoms with van der Waals surface area (Å²) < 4.78 is 5.62. The molecule has 0 fully saturated rings. The van der Waals surface area contributed by atoms with Gasteiger partial charge in [0.25, 0.3) is 5.69 Å². The predicted molar refractivity (Wildman–Crippen MR) is 120 cm³/mol. The quantitative estimate of drug-likeness (QED) is 0.286. The van der Waals surface area contributed by atoms with Crippen LogP contribution in [0.2, 0.25) is 0 Å². The summed E-state index contributed by atoms with van der Waals surface area (Å²) in [6.07, 6.45) is 4.53. The van der Waals surface area contributed by atoms with Crippen LogP contribution in [0.25, 0.3) is 5.57 Å². The van der Waals surface area contributed by atoms with E-state index < -0.39 is 4.92 Å². The normalized spacial score (nSPS) is 15.1. The number of hydrogen-bond acceptors (Lipinski definition) is 6. The second-order valence-electron chi connectivity index (χ2n) is 8.00. The van der Waals surface area contributed by atoms with Gasteiger partial charge in [-0.15, -0.1) is 5.11 Å². The zero-order valence-electron chi connectivity index (χ0n) is 18.2. The van der Waals surface area contributed by atoms with Crippen LogP contribution in [-0.4, -0.2) is 24.1 Å². The van der Waals surface area contributed by atoms with E-state index in [0.29, 0.717) is 17.1 Å². The van der Waals surface area contributed by atoms with E-state index in [2.05, 4.69) is 48.9 Å². The highest BCUT2D eigenvalue weighted by atomic mass is 16.6. The Morgan fingerprint density at radius 1 is 1.17 bits per heavy atom. The SMILES string of the molecule is CCCCN1c2cc(OC)c(/N=N/c3ccc([N+](=O)[O-])cc3)cc2C(C)=CC1(C)C. The molecule has 0 bridgehead atoms. The Balaban J connectivity index is 2.00. The van der Waals surface area contributed by atoms with Crippen molar-refractivity contribution in [2.45, 2.75) is 46.1 Å². The van der Waals surface area contributed by atoms with Gasteiger partial charge in [0.05, 0.1) is 23.3 Å². The first-order valence-corrected chi connectivity index (χ1v) is 10.1. The number of hydrogen-bond donors (Lipinski definition) is 0. The highest BCUT2D eigenvalue weighted by Gasteiger charge is 2.31. The number of nitrogens with zero attached hydrogens (tertiary/aromatic N) is 4. The molecule has 0 spiro atoms. The lowest BCUT2D eigenvalue weighted by atomic mass is 9.88. The maximum atomic E-state index is 10.8. The van der Waals surface area contributed by atoms with E-state index in [0.717, 1.165) is 30.6 Å². The molecule has 0 saturated carbocycles. The van der Waals surface area contributed by atoms with E-state index in [4.69, 9.17) is 4.74 Å². The van der Waals surface area contributed by atoms with Crippen molar-refractivity contribution in [3.05, 3.63) is 58.2 Å². The van der Waals surface area contributed by atoms with E-state index >= 15 is 0 Å². The molecule has 0 unspecified atom stereocenters. The van der Waals surface area contributed by atoms with Crippen molar-refractivity contribution in [1.29, 1.82) is 0 Å². The molecule has 0 atom stereocenters. The minimum atomic E-state index is -0.436. The van der Waals surface area contributed by atoms with E-state index in [-0.39, 0.29) is 11.2 Å². The first-order chi connectivity index (χ1) is 14.3. The molecule has 1 aliphatic heterocycles. The molecule has 0 aliphatic carbocycles. The van der Waals surface area contributed by atoms with Crippen LogP contribution in [0.15, 0.2) is 52.7 Å². The fourth-order valence-corrected chi connectivity index (χ4v) is 3.81. The number of rotatable bonds is 7. The number of anilines is 1. The smallest absolute Gasteiger partial charge is 0.269 e. The van der Waals surface area contributed by atoms with Gasteiger partial charge in [-0.05, 0) is 51.0 Å². The molecule has 2 aromatic carbocycles. The Morgan fingerprint density at radius 3 is 2.47 bits per heavy atom. The topological polar surface area (TPSA) is 80.3 Å². The molecular formula is C23H28N4O3. The monoisotopic (exact) mass is 408 g/mol. The van der Waals surface area contributed by atoms with Gasteiger partial charge in [0, 0.05) is 36.0 Å². The molecule has 0 N–H and O–H groups in total. The molecule has 2 aromatic rings.